The minimum atomic E-state index is -1.41. The van der Waals surface area contributed by atoms with Crippen molar-refractivity contribution in [3.63, 3.8) is 0 Å². The van der Waals surface area contributed by atoms with E-state index in [-0.39, 0.29) is 42.5 Å². The molecule has 27 heavy (non-hydrogen) atoms. The van der Waals surface area contributed by atoms with Crippen LogP contribution in [0.25, 0.3) is 0 Å². The quantitative estimate of drug-likeness (QED) is 0.674. The molecule has 4 aliphatic rings. The number of ketones is 2. The van der Waals surface area contributed by atoms with Gasteiger partial charge in [0.25, 0.3) is 0 Å². The van der Waals surface area contributed by atoms with Gasteiger partial charge in [-0.2, -0.15) is 0 Å². The smallest absolute Gasteiger partial charge is 0.150 e. The predicted molar refractivity (Wildman–Crippen MR) is 96.7 cm³/mol. The van der Waals surface area contributed by atoms with Gasteiger partial charge in [0.05, 0.1) is 24.2 Å². The van der Waals surface area contributed by atoms with Gasteiger partial charge in [-0.05, 0) is 36.0 Å². The van der Waals surface area contributed by atoms with E-state index >= 15 is 0 Å². The Bertz CT molecular complexity index is 663. The Morgan fingerprint density at radius 1 is 1.19 bits per heavy atom. The Morgan fingerprint density at radius 3 is 2.52 bits per heavy atom. The summed E-state index contributed by atoms with van der Waals surface area (Å²) in [6, 6.07) is 0. The molecule has 4 saturated carbocycles. The highest BCUT2D eigenvalue weighted by Crippen LogP contribution is 2.70. The van der Waals surface area contributed by atoms with Crippen molar-refractivity contribution in [2.24, 2.45) is 39.9 Å². The van der Waals surface area contributed by atoms with Crippen LogP contribution in [-0.2, 0) is 14.3 Å². The van der Waals surface area contributed by atoms with Crippen LogP contribution < -0.4 is 0 Å². The van der Waals surface area contributed by atoms with Gasteiger partial charge in [-0.1, -0.05) is 20.3 Å². The normalized spacial score (nSPS) is 54.6. The molecular weight excluding hydrogens is 348 g/mol. The third kappa shape index (κ3) is 2.16. The van der Waals surface area contributed by atoms with Crippen molar-refractivity contribution in [1.29, 1.82) is 0 Å². The number of Topliss-reactive ketones (excluding diaryl/α,β-unsaturated/α-hetero) is 2. The maximum atomic E-state index is 13.5. The van der Waals surface area contributed by atoms with Gasteiger partial charge in [-0.25, -0.2) is 0 Å². The highest BCUT2D eigenvalue weighted by Gasteiger charge is 2.77. The van der Waals surface area contributed by atoms with Crippen LogP contribution in [0.5, 0.6) is 0 Å². The lowest BCUT2D eigenvalue weighted by molar-refractivity contribution is -0.225. The molecular formula is C21H32O6. The van der Waals surface area contributed by atoms with Gasteiger partial charge in [0.2, 0.25) is 0 Å². The molecule has 6 heteroatoms. The van der Waals surface area contributed by atoms with E-state index in [1.165, 1.54) is 7.11 Å². The van der Waals surface area contributed by atoms with Gasteiger partial charge in [0, 0.05) is 37.9 Å². The molecule has 4 aliphatic carbocycles. The number of hydrogen-bond donors (Lipinski definition) is 3. The van der Waals surface area contributed by atoms with Crippen molar-refractivity contribution in [3.05, 3.63) is 0 Å². The lowest BCUT2D eigenvalue weighted by Gasteiger charge is -2.64. The second-order valence-corrected chi connectivity index (χ2v) is 10.0. The molecule has 0 radical (unpaired) electrons. The molecule has 152 valence electrons. The summed E-state index contributed by atoms with van der Waals surface area (Å²) in [4.78, 5) is 26.9. The van der Waals surface area contributed by atoms with Gasteiger partial charge in [0.1, 0.15) is 5.78 Å². The Labute approximate surface area is 160 Å². The summed E-state index contributed by atoms with van der Waals surface area (Å²) in [5.74, 6) is -1.96. The van der Waals surface area contributed by atoms with Crippen molar-refractivity contribution in [3.8, 4) is 0 Å². The summed E-state index contributed by atoms with van der Waals surface area (Å²) >= 11 is 0. The van der Waals surface area contributed by atoms with Crippen LogP contribution in [0.4, 0.5) is 0 Å². The molecule has 0 amide bonds. The highest BCUT2D eigenvalue weighted by atomic mass is 16.5. The molecule has 0 aromatic carbocycles. The average molecular weight is 380 g/mol. The van der Waals surface area contributed by atoms with Gasteiger partial charge < -0.3 is 20.1 Å². The van der Waals surface area contributed by atoms with Crippen molar-refractivity contribution < 1.29 is 29.6 Å². The van der Waals surface area contributed by atoms with Crippen LogP contribution in [0.1, 0.15) is 46.0 Å². The van der Waals surface area contributed by atoms with E-state index < -0.39 is 40.8 Å². The molecule has 4 fully saturated rings. The van der Waals surface area contributed by atoms with E-state index in [4.69, 9.17) is 4.74 Å². The summed E-state index contributed by atoms with van der Waals surface area (Å²) in [6.45, 7) is 4.24. The number of aliphatic hydroxyl groups excluding tert-OH is 3. The Morgan fingerprint density at radius 2 is 1.89 bits per heavy atom. The standard InChI is InChI=1S/C21H32O6/c1-19(10-22)5-4-6-20(2)14(19)8-15(24)21-16(20)13(23)7-11(17(21)25)12(9-27-3)18(21)26/h11-12,14-17,22,24-25H,4-10H2,1-3H3. The number of ether oxygens (including phenoxy) is 1. The summed E-state index contributed by atoms with van der Waals surface area (Å²) < 4.78 is 5.22. The third-order valence-corrected chi connectivity index (χ3v) is 8.89. The van der Waals surface area contributed by atoms with E-state index in [1.807, 2.05) is 13.8 Å². The van der Waals surface area contributed by atoms with Crippen LogP contribution in [-0.4, -0.2) is 59.4 Å². The van der Waals surface area contributed by atoms with Gasteiger partial charge in [-0.3, -0.25) is 9.59 Å². The SMILES string of the molecule is COCC1C(=O)C23C(O)CC4C(C)(CO)CCCC4(C)C2C(=O)CC1C3O. The topological polar surface area (TPSA) is 104 Å². The lowest BCUT2D eigenvalue weighted by atomic mass is 9.39. The molecule has 4 rings (SSSR count). The minimum Gasteiger partial charge on any atom is -0.396 e. The molecule has 6 nitrogen and oxygen atoms in total. The maximum Gasteiger partial charge on any atom is 0.150 e. The highest BCUT2D eigenvalue weighted by molar-refractivity contribution is 6.01. The molecule has 2 bridgehead atoms. The summed E-state index contributed by atoms with van der Waals surface area (Å²) in [6.07, 6.45) is 0.914. The number of carbonyl (C=O) groups excluding carboxylic acids is 2. The Balaban J connectivity index is 1.87. The molecule has 3 N–H and O–H groups in total. The van der Waals surface area contributed by atoms with Gasteiger partial charge in [0.15, 0.2) is 5.78 Å². The number of hydrogen-bond acceptors (Lipinski definition) is 6. The zero-order valence-corrected chi connectivity index (χ0v) is 16.5. The maximum absolute atomic E-state index is 13.5. The predicted octanol–water partition coefficient (Wildman–Crippen LogP) is 0.954. The second kappa shape index (κ2) is 6.09. The number of carbonyl (C=O) groups is 2. The largest absolute Gasteiger partial charge is 0.396 e. The van der Waals surface area contributed by atoms with Crippen molar-refractivity contribution in [1.82, 2.24) is 0 Å². The molecule has 0 aromatic rings. The van der Waals surface area contributed by atoms with Crippen LogP contribution >= 0.6 is 0 Å². The first kappa shape index (κ1) is 19.5. The fourth-order valence-corrected chi connectivity index (χ4v) is 7.79. The first-order valence-corrected chi connectivity index (χ1v) is 10.2. The minimum absolute atomic E-state index is 0.000683. The molecule has 9 atom stereocenters. The fourth-order valence-electron chi connectivity index (χ4n) is 7.79. The number of methoxy groups -OCH3 is 1. The van der Waals surface area contributed by atoms with E-state index in [1.54, 1.807) is 0 Å². The first-order chi connectivity index (χ1) is 12.7. The molecule has 0 saturated heterocycles. The van der Waals surface area contributed by atoms with Crippen LogP contribution in [0, 0.1) is 39.9 Å². The molecule has 0 aliphatic heterocycles. The summed E-state index contributed by atoms with van der Waals surface area (Å²) in [5, 5.41) is 32.6. The monoisotopic (exact) mass is 380 g/mol. The van der Waals surface area contributed by atoms with E-state index in [0.29, 0.717) is 6.42 Å². The average Bonchev–Trinajstić information content (AvgIpc) is 2.74. The number of aliphatic hydroxyl groups is 3. The number of rotatable bonds is 3. The number of fused-ring (bicyclic) bond motifs is 3. The molecule has 0 heterocycles. The lowest BCUT2D eigenvalue weighted by Crippen LogP contribution is -2.69. The third-order valence-electron chi connectivity index (χ3n) is 8.89. The van der Waals surface area contributed by atoms with E-state index in [2.05, 4.69) is 0 Å². The van der Waals surface area contributed by atoms with E-state index in [9.17, 15) is 24.9 Å². The first-order valence-electron chi connectivity index (χ1n) is 10.2. The van der Waals surface area contributed by atoms with Crippen molar-refractivity contribution in [2.75, 3.05) is 20.3 Å². The van der Waals surface area contributed by atoms with Crippen molar-refractivity contribution >= 4 is 11.6 Å². The Kier molecular flexibility index (Phi) is 4.39. The van der Waals surface area contributed by atoms with Crippen LogP contribution in [0.2, 0.25) is 0 Å². The fraction of sp³-hybridized carbons (Fsp3) is 0.905. The van der Waals surface area contributed by atoms with Crippen LogP contribution in [0.3, 0.4) is 0 Å². The molecule has 1 spiro atoms. The summed E-state index contributed by atoms with van der Waals surface area (Å²) in [5.41, 5.74) is -2.30. The second-order valence-electron chi connectivity index (χ2n) is 10.0. The van der Waals surface area contributed by atoms with Gasteiger partial charge >= 0.3 is 0 Å². The molecule has 9 unspecified atom stereocenters. The summed E-state index contributed by atoms with van der Waals surface area (Å²) in [7, 11) is 1.52. The zero-order valence-electron chi connectivity index (χ0n) is 16.5. The molecule has 0 aromatic heterocycles. The van der Waals surface area contributed by atoms with Gasteiger partial charge in [-0.15, -0.1) is 0 Å². The van der Waals surface area contributed by atoms with E-state index in [0.717, 1.165) is 19.3 Å². The Hall–Kier alpha value is -0.820. The van der Waals surface area contributed by atoms with Crippen molar-refractivity contribution in [2.45, 2.75) is 58.2 Å². The zero-order chi connectivity index (χ0) is 19.8. The van der Waals surface area contributed by atoms with Crippen LogP contribution in [0.15, 0.2) is 0 Å².